The van der Waals surface area contributed by atoms with Gasteiger partial charge in [0.15, 0.2) is 0 Å². The van der Waals surface area contributed by atoms with Crippen LogP contribution in [0.2, 0.25) is 0 Å². The first kappa shape index (κ1) is 22.7. The van der Waals surface area contributed by atoms with E-state index in [4.69, 9.17) is 0 Å². The quantitative estimate of drug-likeness (QED) is 0.479. The summed E-state index contributed by atoms with van der Waals surface area (Å²) in [4.78, 5) is 27.4. The minimum absolute atomic E-state index is 0.160. The summed E-state index contributed by atoms with van der Waals surface area (Å²) in [5.41, 5.74) is 5.12. The van der Waals surface area contributed by atoms with E-state index in [9.17, 15) is 4.79 Å². The first-order valence-corrected chi connectivity index (χ1v) is 12.6. The number of carbonyl (C=O) groups is 1. The minimum Gasteiger partial charge on any atom is -0.368 e. The van der Waals surface area contributed by atoms with Gasteiger partial charge in [0.25, 0.3) is 0 Å². The van der Waals surface area contributed by atoms with Crippen LogP contribution >= 0.6 is 23.5 Å². The van der Waals surface area contributed by atoms with Crippen LogP contribution in [0.1, 0.15) is 16.7 Å². The number of amides is 1. The number of piperazine rings is 1. The van der Waals surface area contributed by atoms with Crippen LogP contribution in [0.5, 0.6) is 0 Å². The topological polar surface area (TPSA) is 49.3 Å². The smallest absolute Gasteiger partial charge is 0.233 e. The van der Waals surface area contributed by atoms with Gasteiger partial charge in [0, 0.05) is 49.2 Å². The van der Waals surface area contributed by atoms with Crippen molar-refractivity contribution in [3.05, 3.63) is 71.5 Å². The molecule has 0 saturated carbocycles. The lowest BCUT2D eigenvalue weighted by atomic mass is 10.1. The second kappa shape index (κ2) is 10.4. The fourth-order valence-corrected chi connectivity index (χ4v) is 5.69. The molecule has 0 radical (unpaired) electrons. The highest BCUT2D eigenvalue weighted by molar-refractivity contribution is 8.02. The molecular formula is C25H28N4OS2. The molecule has 2 aromatic carbocycles. The first-order valence-electron chi connectivity index (χ1n) is 10.8. The van der Waals surface area contributed by atoms with E-state index in [1.807, 2.05) is 11.0 Å². The third-order valence-corrected chi connectivity index (χ3v) is 7.79. The Morgan fingerprint density at radius 1 is 0.938 bits per heavy atom. The standard InChI is InChI=1S/C25H28N4OS2/c1-18-6-4-8-21(16-18)32-25-24(26-10-11-27-25)31-17-23(30)29-14-12-28(13-15-29)22-9-5-7-19(2)20(22)3/h4-11,16H,12-15,17H2,1-3H3. The average Bonchev–Trinajstić information content (AvgIpc) is 2.80. The lowest BCUT2D eigenvalue weighted by Crippen LogP contribution is -2.49. The fraction of sp³-hybridized carbons (Fsp3) is 0.320. The van der Waals surface area contributed by atoms with Crippen molar-refractivity contribution in [2.45, 2.75) is 35.7 Å². The van der Waals surface area contributed by atoms with Crippen LogP contribution in [0.15, 0.2) is 69.8 Å². The Kier molecular flexibility index (Phi) is 7.37. The lowest BCUT2D eigenvalue weighted by molar-refractivity contribution is -0.128. The van der Waals surface area contributed by atoms with E-state index >= 15 is 0 Å². The molecule has 32 heavy (non-hydrogen) atoms. The molecule has 1 amide bonds. The number of benzene rings is 2. The van der Waals surface area contributed by atoms with Crippen LogP contribution in [-0.4, -0.2) is 52.7 Å². The molecule has 0 unspecified atom stereocenters. The van der Waals surface area contributed by atoms with Gasteiger partial charge >= 0.3 is 0 Å². The maximum atomic E-state index is 12.9. The molecule has 0 N–H and O–H groups in total. The van der Waals surface area contributed by atoms with Gasteiger partial charge in [-0.05, 0) is 50.1 Å². The van der Waals surface area contributed by atoms with Crippen LogP contribution in [0.4, 0.5) is 5.69 Å². The number of aromatic nitrogens is 2. The second-order valence-corrected chi connectivity index (χ2v) is 9.99. The summed E-state index contributed by atoms with van der Waals surface area (Å²) in [5, 5.41) is 1.65. The number of carbonyl (C=O) groups excluding carboxylic acids is 1. The Bertz CT molecular complexity index is 1100. The van der Waals surface area contributed by atoms with E-state index in [-0.39, 0.29) is 5.91 Å². The molecule has 1 fully saturated rings. The Balaban J connectivity index is 1.33. The Hall–Kier alpha value is -2.51. The van der Waals surface area contributed by atoms with Gasteiger partial charge in [-0.15, -0.1) is 0 Å². The average molecular weight is 465 g/mol. The third kappa shape index (κ3) is 5.45. The van der Waals surface area contributed by atoms with E-state index in [0.717, 1.165) is 41.1 Å². The van der Waals surface area contributed by atoms with Crippen molar-refractivity contribution >= 4 is 35.1 Å². The maximum absolute atomic E-state index is 12.9. The van der Waals surface area contributed by atoms with Gasteiger partial charge in [0.05, 0.1) is 5.75 Å². The second-order valence-electron chi connectivity index (χ2n) is 7.96. The molecule has 1 aliphatic heterocycles. The number of nitrogens with zero attached hydrogens (tertiary/aromatic N) is 4. The molecule has 0 spiro atoms. The van der Waals surface area contributed by atoms with Gasteiger partial charge in [-0.1, -0.05) is 53.4 Å². The minimum atomic E-state index is 0.160. The monoisotopic (exact) mass is 464 g/mol. The summed E-state index contributed by atoms with van der Waals surface area (Å²) >= 11 is 3.06. The van der Waals surface area contributed by atoms with E-state index in [0.29, 0.717) is 5.75 Å². The van der Waals surface area contributed by atoms with Gasteiger partial charge in [0.1, 0.15) is 10.1 Å². The number of hydrogen-bond donors (Lipinski definition) is 0. The van der Waals surface area contributed by atoms with E-state index in [1.165, 1.54) is 34.1 Å². The summed E-state index contributed by atoms with van der Waals surface area (Å²) in [7, 11) is 0. The van der Waals surface area contributed by atoms with Crippen molar-refractivity contribution < 1.29 is 4.79 Å². The normalized spacial score (nSPS) is 14.0. The molecule has 5 nitrogen and oxygen atoms in total. The van der Waals surface area contributed by atoms with Gasteiger partial charge in [0.2, 0.25) is 5.91 Å². The van der Waals surface area contributed by atoms with Gasteiger partial charge in [-0.3, -0.25) is 4.79 Å². The van der Waals surface area contributed by atoms with Gasteiger partial charge in [-0.2, -0.15) is 0 Å². The van der Waals surface area contributed by atoms with Crippen molar-refractivity contribution in [2.24, 2.45) is 0 Å². The Morgan fingerprint density at radius 2 is 1.66 bits per heavy atom. The van der Waals surface area contributed by atoms with Crippen molar-refractivity contribution in [2.75, 3.05) is 36.8 Å². The number of aryl methyl sites for hydroxylation is 2. The van der Waals surface area contributed by atoms with E-state index < -0.39 is 0 Å². The zero-order valence-corrected chi connectivity index (χ0v) is 20.4. The Morgan fingerprint density at radius 3 is 2.41 bits per heavy atom. The van der Waals surface area contributed by atoms with Crippen molar-refractivity contribution in [3.8, 4) is 0 Å². The number of thioether (sulfide) groups is 1. The molecule has 7 heteroatoms. The predicted octanol–water partition coefficient (Wildman–Crippen LogP) is 4.99. The SMILES string of the molecule is Cc1cccc(Sc2nccnc2SCC(=O)N2CCN(c3cccc(C)c3C)CC2)c1. The molecule has 1 aromatic heterocycles. The van der Waals surface area contributed by atoms with Crippen molar-refractivity contribution in [3.63, 3.8) is 0 Å². The number of hydrogen-bond acceptors (Lipinski definition) is 6. The molecule has 3 aromatic rings. The highest BCUT2D eigenvalue weighted by Gasteiger charge is 2.23. The zero-order chi connectivity index (χ0) is 22.5. The molecule has 2 heterocycles. The maximum Gasteiger partial charge on any atom is 0.233 e. The first-order chi connectivity index (χ1) is 15.5. The molecule has 1 saturated heterocycles. The summed E-state index contributed by atoms with van der Waals surface area (Å²) in [6, 6.07) is 14.8. The summed E-state index contributed by atoms with van der Waals surface area (Å²) in [6.07, 6.45) is 3.40. The molecule has 0 aliphatic carbocycles. The third-order valence-electron chi connectivity index (χ3n) is 5.72. The van der Waals surface area contributed by atoms with E-state index in [2.05, 4.69) is 72.0 Å². The summed E-state index contributed by atoms with van der Waals surface area (Å²) < 4.78 is 0. The van der Waals surface area contributed by atoms with Crippen LogP contribution in [0, 0.1) is 20.8 Å². The Labute approximate surface area is 198 Å². The van der Waals surface area contributed by atoms with Crippen LogP contribution in [-0.2, 0) is 4.79 Å². The largest absolute Gasteiger partial charge is 0.368 e. The van der Waals surface area contributed by atoms with Crippen molar-refractivity contribution in [1.29, 1.82) is 0 Å². The predicted molar refractivity (Wildman–Crippen MR) is 133 cm³/mol. The molecule has 0 atom stereocenters. The molecule has 166 valence electrons. The van der Waals surface area contributed by atoms with Crippen LogP contribution in [0.25, 0.3) is 0 Å². The molecular weight excluding hydrogens is 436 g/mol. The van der Waals surface area contributed by atoms with Gasteiger partial charge in [-0.25, -0.2) is 9.97 Å². The highest BCUT2D eigenvalue weighted by atomic mass is 32.2. The summed E-state index contributed by atoms with van der Waals surface area (Å²) in [5.74, 6) is 0.538. The summed E-state index contributed by atoms with van der Waals surface area (Å²) in [6.45, 7) is 9.62. The molecule has 1 aliphatic rings. The molecule has 0 bridgehead atoms. The number of anilines is 1. The fourth-order valence-electron chi connectivity index (χ4n) is 3.77. The zero-order valence-electron chi connectivity index (χ0n) is 18.7. The van der Waals surface area contributed by atoms with E-state index in [1.54, 1.807) is 24.2 Å². The van der Waals surface area contributed by atoms with Crippen LogP contribution in [0.3, 0.4) is 0 Å². The molecule has 4 rings (SSSR count). The van der Waals surface area contributed by atoms with Crippen LogP contribution < -0.4 is 4.90 Å². The van der Waals surface area contributed by atoms with Crippen molar-refractivity contribution in [1.82, 2.24) is 14.9 Å². The van der Waals surface area contributed by atoms with Gasteiger partial charge < -0.3 is 9.80 Å². The lowest BCUT2D eigenvalue weighted by Gasteiger charge is -2.37. The highest BCUT2D eigenvalue weighted by Crippen LogP contribution is 2.33. The number of rotatable bonds is 6.